The summed E-state index contributed by atoms with van der Waals surface area (Å²) < 4.78 is 0. The number of hydrogen-bond donors (Lipinski definition) is 2. The third kappa shape index (κ3) is 6.78. The Morgan fingerprint density at radius 1 is 1.07 bits per heavy atom. The van der Waals surface area contributed by atoms with Gasteiger partial charge in [0.05, 0.1) is 10.6 Å². The summed E-state index contributed by atoms with van der Waals surface area (Å²) in [5.41, 5.74) is 1.78. The van der Waals surface area contributed by atoms with Gasteiger partial charge in [0.2, 0.25) is 0 Å². The first-order valence-corrected chi connectivity index (χ1v) is 11.1. The fraction of sp³-hybridized carbons (Fsp3) is 0.682. The molecular weight excluding hydrogens is 358 g/mol. The molecule has 150 valence electrons. The van der Waals surface area contributed by atoms with Gasteiger partial charge in [-0.25, -0.2) is 0 Å². The number of halogens is 1. The number of rotatable bonds is 5. The highest BCUT2D eigenvalue weighted by atomic mass is 35.5. The van der Waals surface area contributed by atoms with Crippen molar-refractivity contribution in [2.75, 3.05) is 32.7 Å². The zero-order chi connectivity index (χ0) is 18.9. The standard InChI is InChI=1S/C22H34ClN3O/c23-21-10-9-19(17-26-13-6-11-24-12-14-26)15-20(21)22(27)25-16-18-7-4-2-1-3-5-8-18/h9-10,15,18,24H,1-8,11-14,16-17H2,(H,25,27). The first-order chi connectivity index (χ1) is 13.2. The van der Waals surface area contributed by atoms with Crippen LogP contribution in [0.25, 0.3) is 0 Å². The Hall–Kier alpha value is -1.10. The Labute approximate surface area is 169 Å². The lowest BCUT2D eigenvalue weighted by atomic mass is 9.91. The molecule has 0 radical (unpaired) electrons. The number of amides is 1. The third-order valence-corrected chi connectivity index (χ3v) is 6.22. The zero-order valence-electron chi connectivity index (χ0n) is 16.4. The predicted molar refractivity (Wildman–Crippen MR) is 112 cm³/mol. The van der Waals surface area contributed by atoms with E-state index in [0.29, 0.717) is 16.5 Å². The van der Waals surface area contributed by atoms with Crippen LogP contribution in [0.1, 0.15) is 67.3 Å². The van der Waals surface area contributed by atoms with Crippen molar-refractivity contribution in [3.8, 4) is 0 Å². The van der Waals surface area contributed by atoms with E-state index in [9.17, 15) is 4.79 Å². The van der Waals surface area contributed by atoms with Gasteiger partial charge >= 0.3 is 0 Å². The lowest BCUT2D eigenvalue weighted by Crippen LogP contribution is -2.30. The monoisotopic (exact) mass is 391 g/mol. The average molecular weight is 392 g/mol. The van der Waals surface area contributed by atoms with Crippen molar-refractivity contribution in [3.05, 3.63) is 34.3 Å². The van der Waals surface area contributed by atoms with Crippen LogP contribution < -0.4 is 10.6 Å². The highest BCUT2D eigenvalue weighted by Gasteiger charge is 2.16. The van der Waals surface area contributed by atoms with Crippen LogP contribution in [0, 0.1) is 5.92 Å². The lowest BCUT2D eigenvalue weighted by Gasteiger charge is -2.21. The molecule has 2 aliphatic rings. The van der Waals surface area contributed by atoms with E-state index >= 15 is 0 Å². The maximum atomic E-state index is 12.7. The van der Waals surface area contributed by atoms with E-state index in [0.717, 1.165) is 44.8 Å². The highest BCUT2D eigenvalue weighted by Crippen LogP contribution is 2.23. The molecule has 1 aliphatic carbocycles. The summed E-state index contributed by atoms with van der Waals surface area (Å²) in [5, 5.41) is 7.13. The van der Waals surface area contributed by atoms with E-state index in [2.05, 4.69) is 15.5 Å². The average Bonchev–Trinajstić information content (AvgIpc) is 2.91. The van der Waals surface area contributed by atoms with E-state index in [1.54, 1.807) is 0 Å². The SMILES string of the molecule is O=C(NCC1CCCCCCC1)c1cc(CN2CCCNCC2)ccc1Cl. The molecule has 4 nitrogen and oxygen atoms in total. The minimum absolute atomic E-state index is 0.0264. The Balaban J connectivity index is 1.56. The van der Waals surface area contributed by atoms with Gasteiger partial charge in [0.1, 0.15) is 0 Å². The number of hydrogen-bond acceptors (Lipinski definition) is 3. The first-order valence-electron chi connectivity index (χ1n) is 10.7. The van der Waals surface area contributed by atoms with Crippen LogP contribution in [0.3, 0.4) is 0 Å². The van der Waals surface area contributed by atoms with Crippen molar-refractivity contribution in [1.29, 1.82) is 0 Å². The minimum atomic E-state index is -0.0264. The van der Waals surface area contributed by atoms with Gasteiger partial charge in [0.25, 0.3) is 5.91 Å². The van der Waals surface area contributed by atoms with E-state index in [1.165, 1.54) is 51.4 Å². The van der Waals surface area contributed by atoms with E-state index in [4.69, 9.17) is 11.6 Å². The van der Waals surface area contributed by atoms with Crippen LogP contribution in [0.15, 0.2) is 18.2 Å². The molecule has 0 spiro atoms. The maximum absolute atomic E-state index is 12.7. The van der Waals surface area contributed by atoms with Gasteiger partial charge in [-0.05, 0) is 56.0 Å². The molecule has 1 aliphatic heterocycles. The zero-order valence-corrected chi connectivity index (χ0v) is 17.2. The van der Waals surface area contributed by atoms with E-state index in [-0.39, 0.29) is 5.91 Å². The highest BCUT2D eigenvalue weighted by molar-refractivity contribution is 6.33. The molecule has 5 heteroatoms. The van der Waals surface area contributed by atoms with E-state index in [1.807, 2.05) is 18.2 Å². The summed E-state index contributed by atoms with van der Waals surface area (Å²) in [5.74, 6) is 0.585. The van der Waals surface area contributed by atoms with Crippen molar-refractivity contribution in [2.24, 2.45) is 5.92 Å². The second-order valence-corrected chi connectivity index (χ2v) is 8.52. The quantitative estimate of drug-likeness (QED) is 0.789. The molecule has 1 saturated carbocycles. The summed E-state index contributed by atoms with van der Waals surface area (Å²) in [6.45, 7) is 5.91. The van der Waals surface area contributed by atoms with Crippen LogP contribution in [-0.4, -0.2) is 43.5 Å². The number of carbonyl (C=O) groups excluding carboxylic acids is 1. The summed E-state index contributed by atoms with van der Waals surface area (Å²) in [4.78, 5) is 15.2. The summed E-state index contributed by atoms with van der Waals surface area (Å²) in [6.07, 6.45) is 10.3. The summed E-state index contributed by atoms with van der Waals surface area (Å²) >= 11 is 6.34. The molecule has 1 aromatic carbocycles. The van der Waals surface area contributed by atoms with Crippen LogP contribution >= 0.6 is 11.6 Å². The third-order valence-electron chi connectivity index (χ3n) is 5.89. The van der Waals surface area contributed by atoms with Crippen molar-refractivity contribution in [2.45, 2.75) is 57.9 Å². The van der Waals surface area contributed by atoms with Crippen LogP contribution in [0.2, 0.25) is 5.02 Å². The van der Waals surface area contributed by atoms with Gasteiger partial charge in [-0.2, -0.15) is 0 Å². The van der Waals surface area contributed by atoms with Gasteiger partial charge < -0.3 is 10.6 Å². The molecule has 0 atom stereocenters. The lowest BCUT2D eigenvalue weighted by molar-refractivity contribution is 0.0944. The molecule has 0 aromatic heterocycles. The minimum Gasteiger partial charge on any atom is -0.352 e. The van der Waals surface area contributed by atoms with Gasteiger partial charge in [0, 0.05) is 26.2 Å². The summed E-state index contributed by atoms with van der Waals surface area (Å²) in [6, 6.07) is 5.90. The largest absolute Gasteiger partial charge is 0.352 e. The Kier molecular flexibility index (Phi) is 8.43. The molecule has 2 N–H and O–H groups in total. The molecular formula is C22H34ClN3O. The smallest absolute Gasteiger partial charge is 0.252 e. The van der Waals surface area contributed by atoms with Crippen molar-refractivity contribution >= 4 is 17.5 Å². The van der Waals surface area contributed by atoms with Crippen LogP contribution in [0.5, 0.6) is 0 Å². The number of carbonyl (C=O) groups is 1. The van der Waals surface area contributed by atoms with Crippen molar-refractivity contribution in [1.82, 2.24) is 15.5 Å². The fourth-order valence-electron chi connectivity index (χ4n) is 4.24. The summed E-state index contributed by atoms with van der Waals surface area (Å²) in [7, 11) is 0. The fourth-order valence-corrected chi connectivity index (χ4v) is 4.44. The Bertz CT molecular complexity index is 591. The van der Waals surface area contributed by atoms with Crippen molar-refractivity contribution in [3.63, 3.8) is 0 Å². The maximum Gasteiger partial charge on any atom is 0.252 e. The van der Waals surface area contributed by atoms with Gasteiger partial charge in [-0.15, -0.1) is 0 Å². The molecule has 3 rings (SSSR count). The van der Waals surface area contributed by atoms with Crippen LogP contribution in [-0.2, 0) is 6.54 Å². The molecule has 0 bridgehead atoms. The molecule has 1 amide bonds. The number of nitrogens with zero attached hydrogens (tertiary/aromatic N) is 1. The van der Waals surface area contributed by atoms with Gasteiger partial charge in [-0.3, -0.25) is 9.69 Å². The molecule has 0 unspecified atom stereocenters. The molecule has 1 aromatic rings. The normalized spacial score (nSPS) is 20.5. The Morgan fingerprint density at radius 3 is 2.67 bits per heavy atom. The second-order valence-electron chi connectivity index (χ2n) is 8.12. The van der Waals surface area contributed by atoms with Crippen LogP contribution in [0.4, 0.5) is 0 Å². The van der Waals surface area contributed by atoms with E-state index < -0.39 is 0 Å². The Morgan fingerprint density at radius 2 is 1.85 bits per heavy atom. The van der Waals surface area contributed by atoms with Gasteiger partial charge in [0.15, 0.2) is 0 Å². The second kappa shape index (κ2) is 11.0. The predicted octanol–water partition coefficient (Wildman–Crippen LogP) is 4.23. The topological polar surface area (TPSA) is 44.4 Å². The molecule has 1 heterocycles. The first kappa shape index (κ1) is 20.6. The number of benzene rings is 1. The molecule has 27 heavy (non-hydrogen) atoms. The molecule has 2 fully saturated rings. The molecule has 1 saturated heterocycles. The van der Waals surface area contributed by atoms with Gasteiger partial charge in [-0.1, -0.05) is 49.8 Å². The number of nitrogens with one attached hydrogen (secondary N) is 2. The van der Waals surface area contributed by atoms with Crippen molar-refractivity contribution < 1.29 is 4.79 Å².